The lowest BCUT2D eigenvalue weighted by molar-refractivity contribution is -0.167. The lowest BCUT2D eigenvalue weighted by Gasteiger charge is -2.18. The maximum atomic E-state index is 12.9. The topological polar surface area (TPSA) is 78.9 Å². The molecule has 0 saturated heterocycles. The van der Waals surface area contributed by atoms with E-state index in [9.17, 15) is 14.4 Å². The maximum Gasteiger partial charge on any atom is 0.306 e. The van der Waals surface area contributed by atoms with Crippen LogP contribution in [0, 0.1) is 0 Å². The first-order chi connectivity index (χ1) is 39.0. The van der Waals surface area contributed by atoms with Gasteiger partial charge in [0, 0.05) is 19.3 Å². The van der Waals surface area contributed by atoms with Crippen LogP contribution in [0.3, 0.4) is 0 Å². The van der Waals surface area contributed by atoms with E-state index < -0.39 is 6.10 Å². The molecule has 0 N–H and O–H groups in total. The van der Waals surface area contributed by atoms with Crippen LogP contribution in [0.15, 0.2) is 109 Å². The molecule has 1 atom stereocenters. The Morgan fingerprint density at radius 3 is 0.823 bits per heavy atom. The molecule has 0 bridgehead atoms. The van der Waals surface area contributed by atoms with Crippen LogP contribution in [-0.2, 0) is 28.6 Å². The zero-order valence-corrected chi connectivity index (χ0v) is 51.9. The van der Waals surface area contributed by atoms with Crippen molar-refractivity contribution in [3.05, 3.63) is 109 Å². The minimum atomic E-state index is -0.799. The van der Waals surface area contributed by atoms with Crippen LogP contribution < -0.4 is 0 Å². The minimum absolute atomic E-state index is 0.0922. The summed E-state index contributed by atoms with van der Waals surface area (Å²) in [5.41, 5.74) is 0. The van der Waals surface area contributed by atoms with Gasteiger partial charge in [-0.2, -0.15) is 0 Å². The van der Waals surface area contributed by atoms with Crippen molar-refractivity contribution in [2.75, 3.05) is 13.2 Å². The Morgan fingerprint density at radius 2 is 0.519 bits per heavy atom. The second-order valence-corrected chi connectivity index (χ2v) is 22.0. The third-order valence-electron chi connectivity index (χ3n) is 14.2. The molecule has 0 heterocycles. The summed E-state index contributed by atoms with van der Waals surface area (Å²) in [5.74, 6) is -0.924. The third kappa shape index (κ3) is 64.8. The van der Waals surface area contributed by atoms with Gasteiger partial charge in [0.25, 0.3) is 0 Å². The van der Waals surface area contributed by atoms with Gasteiger partial charge in [0.1, 0.15) is 13.2 Å². The standard InChI is InChI=1S/C73H124O6/c1-4-7-10-13-16-19-22-25-27-29-30-31-32-33-34-35-36-37-38-39-40-41-42-44-45-48-51-54-57-60-63-66-72(75)78-69-70(68-77-71(74)65-62-59-56-53-50-47-24-21-18-15-12-9-6-3)79-73(76)67-64-61-58-55-52-49-46-43-28-26-23-20-17-14-11-8-5-2/h8,11-12,15,17,20-22,24-26,28-30,32-33,46,49,70H,4-7,9-10,13-14,16,18-19,23,27,31,34-45,47-48,50-69H2,1-3H3/b11-8-,15-12-,20-17-,24-21-,25-22-,28-26-,30-29-,33-32-,49-46-. The van der Waals surface area contributed by atoms with Crippen molar-refractivity contribution in [3.63, 3.8) is 0 Å². The number of esters is 3. The number of hydrogen-bond donors (Lipinski definition) is 0. The summed E-state index contributed by atoms with van der Waals surface area (Å²) >= 11 is 0. The summed E-state index contributed by atoms with van der Waals surface area (Å²) in [4.78, 5) is 38.3. The summed E-state index contributed by atoms with van der Waals surface area (Å²) in [5, 5.41) is 0. The minimum Gasteiger partial charge on any atom is -0.462 e. The molecule has 0 aliphatic rings. The third-order valence-corrected chi connectivity index (χ3v) is 14.2. The fourth-order valence-electron chi connectivity index (χ4n) is 9.24. The molecule has 0 aromatic heterocycles. The highest BCUT2D eigenvalue weighted by Gasteiger charge is 2.19. The summed E-state index contributed by atoms with van der Waals surface area (Å²) in [6.07, 6.45) is 91.1. The quantitative estimate of drug-likeness (QED) is 0.0261. The van der Waals surface area contributed by atoms with Gasteiger partial charge in [-0.05, 0) is 122 Å². The monoisotopic (exact) mass is 1100 g/mol. The smallest absolute Gasteiger partial charge is 0.306 e. The zero-order valence-electron chi connectivity index (χ0n) is 51.9. The molecule has 452 valence electrons. The number of hydrogen-bond acceptors (Lipinski definition) is 6. The Balaban J connectivity index is 4.24. The van der Waals surface area contributed by atoms with Crippen LogP contribution in [0.4, 0.5) is 0 Å². The van der Waals surface area contributed by atoms with Crippen LogP contribution >= 0.6 is 0 Å². The Morgan fingerprint density at radius 1 is 0.266 bits per heavy atom. The van der Waals surface area contributed by atoms with E-state index >= 15 is 0 Å². The number of ether oxygens (including phenoxy) is 3. The van der Waals surface area contributed by atoms with Crippen molar-refractivity contribution in [3.8, 4) is 0 Å². The molecule has 0 rings (SSSR count). The van der Waals surface area contributed by atoms with Crippen LogP contribution in [0.2, 0.25) is 0 Å². The zero-order chi connectivity index (χ0) is 57.1. The molecule has 0 saturated carbocycles. The maximum absolute atomic E-state index is 12.9. The highest BCUT2D eigenvalue weighted by molar-refractivity contribution is 5.71. The predicted molar refractivity (Wildman–Crippen MR) is 343 cm³/mol. The van der Waals surface area contributed by atoms with E-state index in [0.717, 1.165) is 141 Å². The molecule has 0 aliphatic heterocycles. The van der Waals surface area contributed by atoms with Crippen LogP contribution in [0.5, 0.6) is 0 Å². The molecule has 0 radical (unpaired) electrons. The highest BCUT2D eigenvalue weighted by atomic mass is 16.6. The first-order valence-electron chi connectivity index (χ1n) is 33.4. The molecule has 1 unspecified atom stereocenters. The van der Waals surface area contributed by atoms with Crippen molar-refractivity contribution >= 4 is 17.9 Å². The van der Waals surface area contributed by atoms with Crippen molar-refractivity contribution in [1.29, 1.82) is 0 Å². The molecule has 0 amide bonds. The lowest BCUT2D eigenvalue weighted by atomic mass is 10.0. The van der Waals surface area contributed by atoms with Crippen molar-refractivity contribution in [1.82, 2.24) is 0 Å². The fourth-order valence-corrected chi connectivity index (χ4v) is 9.24. The van der Waals surface area contributed by atoms with Crippen molar-refractivity contribution in [2.45, 2.75) is 322 Å². The van der Waals surface area contributed by atoms with Gasteiger partial charge in [0.2, 0.25) is 0 Å². The molecular formula is C73H124O6. The van der Waals surface area contributed by atoms with E-state index in [1.165, 1.54) is 135 Å². The molecule has 0 fully saturated rings. The largest absolute Gasteiger partial charge is 0.462 e. The molecule has 0 aliphatic carbocycles. The summed E-state index contributed by atoms with van der Waals surface area (Å²) < 4.78 is 16.9. The summed E-state index contributed by atoms with van der Waals surface area (Å²) in [6, 6.07) is 0. The average molecular weight is 1100 g/mol. The van der Waals surface area contributed by atoms with E-state index in [1.54, 1.807) is 0 Å². The molecular weight excluding hydrogens is 973 g/mol. The van der Waals surface area contributed by atoms with Gasteiger partial charge < -0.3 is 14.2 Å². The molecule has 6 nitrogen and oxygen atoms in total. The van der Waals surface area contributed by atoms with Crippen LogP contribution in [0.25, 0.3) is 0 Å². The molecule has 0 spiro atoms. The van der Waals surface area contributed by atoms with Gasteiger partial charge in [-0.25, -0.2) is 0 Å². The second kappa shape index (κ2) is 66.6. The van der Waals surface area contributed by atoms with Gasteiger partial charge >= 0.3 is 17.9 Å². The first kappa shape index (κ1) is 75.1. The number of unbranched alkanes of at least 4 members (excludes halogenated alkanes) is 31. The van der Waals surface area contributed by atoms with E-state index in [1.807, 2.05) is 0 Å². The Labute approximate surface area is 489 Å². The van der Waals surface area contributed by atoms with Crippen LogP contribution in [0.1, 0.15) is 316 Å². The van der Waals surface area contributed by atoms with Gasteiger partial charge in [-0.3, -0.25) is 14.4 Å². The molecule has 0 aromatic rings. The number of carbonyl (C=O) groups is 3. The molecule has 79 heavy (non-hydrogen) atoms. The van der Waals surface area contributed by atoms with E-state index in [2.05, 4.69) is 130 Å². The Kier molecular flexibility index (Phi) is 63.3. The van der Waals surface area contributed by atoms with E-state index in [0.29, 0.717) is 19.3 Å². The first-order valence-corrected chi connectivity index (χ1v) is 33.4. The SMILES string of the molecule is CC/C=C\C/C=C\C/C=C\C/C=C\CCCCCCC(=O)OC(COC(=O)CCCCCCC/C=C\C/C=C\CCC)COC(=O)CCCCCCCCCCCCCCCCCC/C=C\C/C=C\C/C=C\CCCCCCC. The lowest BCUT2D eigenvalue weighted by Crippen LogP contribution is -2.30. The summed E-state index contributed by atoms with van der Waals surface area (Å²) in [6.45, 7) is 6.44. The molecule has 0 aromatic carbocycles. The molecule has 6 heteroatoms. The summed E-state index contributed by atoms with van der Waals surface area (Å²) in [7, 11) is 0. The van der Waals surface area contributed by atoms with Gasteiger partial charge in [-0.15, -0.1) is 0 Å². The fraction of sp³-hybridized carbons (Fsp3) is 0.712. The Hall–Kier alpha value is -3.93. The number of allylic oxidation sites excluding steroid dienone is 18. The predicted octanol–water partition coefficient (Wildman–Crippen LogP) is 23.0. The van der Waals surface area contributed by atoms with Crippen LogP contribution in [-0.4, -0.2) is 37.2 Å². The van der Waals surface area contributed by atoms with Gasteiger partial charge in [0.05, 0.1) is 0 Å². The number of carbonyl (C=O) groups excluding carboxylic acids is 3. The average Bonchev–Trinajstić information content (AvgIpc) is 3.45. The van der Waals surface area contributed by atoms with E-state index in [4.69, 9.17) is 14.2 Å². The van der Waals surface area contributed by atoms with Gasteiger partial charge in [0.15, 0.2) is 6.10 Å². The Bertz CT molecular complexity index is 1590. The van der Waals surface area contributed by atoms with Crippen molar-refractivity contribution < 1.29 is 28.6 Å². The van der Waals surface area contributed by atoms with E-state index in [-0.39, 0.29) is 31.1 Å². The van der Waals surface area contributed by atoms with Gasteiger partial charge in [-0.1, -0.05) is 284 Å². The second-order valence-electron chi connectivity index (χ2n) is 22.0. The normalized spacial score (nSPS) is 12.8. The highest BCUT2D eigenvalue weighted by Crippen LogP contribution is 2.16. The number of rotatable bonds is 60. The van der Waals surface area contributed by atoms with Crippen molar-refractivity contribution in [2.24, 2.45) is 0 Å².